The smallest absolute Gasteiger partial charge is 0.282 e. The van der Waals surface area contributed by atoms with E-state index in [1.165, 1.54) is 24.3 Å². The number of rotatable bonds is 3. The normalized spacial score (nSPS) is 9.86. The number of thiocarbonyl (C=S) groups is 1. The largest absolute Gasteiger partial charge is 0.332 e. The van der Waals surface area contributed by atoms with Crippen LogP contribution in [0.4, 0.5) is 11.4 Å². The summed E-state index contributed by atoms with van der Waals surface area (Å²) < 4.78 is 0. The van der Waals surface area contributed by atoms with Gasteiger partial charge in [0.15, 0.2) is 5.11 Å². The molecule has 0 fully saturated rings. The Labute approximate surface area is 136 Å². The van der Waals surface area contributed by atoms with Crippen molar-refractivity contribution in [3.05, 3.63) is 69.2 Å². The van der Waals surface area contributed by atoms with E-state index >= 15 is 0 Å². The molecule has 2 aromatic carbocycles. The number of benzene rings is 2. The Morgan fingerprint density at radius 1 is 1.18 bits per heavy atom. The minimum Gasteiger partial charge on any atom is -0.332 e. The van der Waals surface area contributed by atoms with Crippen molar-refractivity contribution in [1.29, 1.82) is 0 Å². The third-order valence-electron chi connectivity index (χ3n) is 2.65. The minimum atomic E-state index is -0.660. The molecule has 0 aliphatic heterocycles. The lowest BCUT2D eigenvalue weighted by atomic mass is 10.1. The molecule has 22 heavy (non-hydrogen) atoms. The van der Waals surface area contributed by atoms with Crippen LogP contribution in [-0.4, -0.2) is 15.9 Å². The molecule has 6 nitrogen and oxygen atoms in total. The second-order valence-corrected chi connectivity index (χ2v) is 5.04. The van der Waals surface area contributed by atoms with E-state index in [9.17, 15) is 14.9 Å². The number of nitro benzene ring substituents is 1. The first-order valence-electron chi connectivity index (χ1n) is 6.08. The van der Waals surface area contributed by atoms with Crippen LogP contribution in [0.15, 0.2) is 48.5 Å². The van der Waals surface area contributed by atoms with Gasteiger partial charge >= 0.3 is 0 Å². The summed E-state index contributed by atoms with van der Waals surface area (Å²) in [6.07, 6.45) is 0. The SMILES string of the molecule is O=C(NC(=S)Nc1cccc(Cl)c1)c1ccccc1[N+](=O)[O-]. The molecule has 0 atom stereocenters. The van der Waals surface area contributed by atoms with Gasteiger partial charge in [0.25, 0.3) is 11.6 Å². The quantitative estimate of drug-likeness (QED) is 0.510. The van der Waals surface area contributed by atoms with Crippen LogP contribution in [0.5, 0.6) is 0 Å². The van der Waals surface area contributed by atoms with E-state index in [1.54, 1.807) is 24.3 Å². The standard InChI is InChI=1S/C14H10ClN3O3S/c15-9-4-3-5-10(8-9)16-14(22)17-13(19)11-6-1-2-7-12(11)18(20)21/h1-8H,(H2,16,17,19,22). The van der Waals surface area contributed by atoms with Crippen molar-refractivity contribution in [3.8, 4) is 0 Å². The third-order valence-corrected chi connectivity index (χ3v) is 3.09. The highest BCUT2D eigenvalue weighted by atomic mass is 35.5. The van der Waals surface area contributed by atoms with Gasteiger partial charge in [-0.25, -0.2) is 0 Å². The van der Waals surface area contributed by atoms with Crippen LogP contribution in [0.2, 0.25) is 5.02 Å². The summed E-state index contributed by atoms with van der Waals surface area (Å²) in [5, 5.41) is 16.6. The van der Waals surface area contributed by atoms with Gasteiger partial charge in [-0.3, -0.25) is 20.2 Å². The number of para-hydroxylation sites is 1. The third kappa shape index (κ3) is 4.00. The number of nitro groups is 1. The van der Waals surface area contributed by atoms with Gasteiger partial charge in [-0.05, 0) is 36.5 Å². The van der Waals surface area contributed by atoms with Gasteiger partial charge in [-0.2, -0.15) is 0 Å². The Kier molecular flexibility index (Phi) is 5.03. The van der Waals surface area contributed by atoms with E-state index in [-0.39, 0.29) is 16.4 Å². The molecule has 2 rings (SSSR count). The van der Waals surface area contributed by atoms with Crippen LogP contribution in [0.1, 0.15) is 10.4 Å². The highest BCUT2D eigenvalue weighted by molar-refractivity contribution is 7.80. The van der Waals surface area contributed by atoms with Gasteiger partial charge in [0.2, 0.25) is 0 Å². The molecule has 0 aliphatic rings. The summed E-state index contributed by atoms with van der Waals surface area (Å²) in [6, 6.07) is 12.4. The number of hydrogen-bond acceptors (Lipinski definition) is 4. The number of nitrogens with zero attached hydrogens (tertiary/aromatic N) is 1. The first-order chi connectivity index (χ1) is 10.5. The highest BCUT2D eigenvalue weighted by Crippen LogP contribution is 2.18. The highest BCUT2D eigenvalue weighted by Gasteiger charge is 2.19. The first kappa shape index (κ1) is 15.9. The molecule has 0 unspecified atom stereocenters. The van der Waals surface area contributed by atoms with Gasteiger partial charge in [0.05, 0.1) is 4.92 Å². The van der Waals surface area contributed by atoms with Crippen molar-refractivity contribution in [2.75, 3.05) is 5.32 Å². The number of carbonyl (C=O) groups excluding carboxylic acids is 1. The maximum atomic E-state index is 12.1. The fourth-order valence-electron chi connectivity index (χ4n) is 1.72. The molecule has 2 N–H and O–H groups in total. The predicted molar refractivity (Wildman–Crippen MR) is 88.2 cm³/mol. The average molecular weight is 336 g/mol. The average Bonchev–Trinajstić information content (AvgIpc) is 2.47. The molecule has 1 amide bonds. The summed E-state index contributed by atoms with van der Waals surface area (Å²) in [5.41, 5.74) is 0.244. The molecule has 0 spiro atoms. The molecule has 2 aromatic rings. The van der Waals surface area contributed by atoms with Gasteiger partial charge in [0, 0.05) is 16.8 Å². The minimum absolute atomic E-state index is 0.0189. The topological polar surface area (TPSA) is 84.3 Å². The number of anilines is 1. The number of halogens is 1. The van der Waals surface area contributed by atoms with Crippen molar-refractivity contribution in [3.63, 3.8) is 0 Å². The first-order valence-corrected chi connectivity index (χ1v) is 6.87. The van der Waals surface area contributed by atoms with Gasteiger partial charge < -0.3 is 5.32 Å². The zero-order valence-corrected chi connectivity index (χ0v) is 12.6. The molecule has 0 radical (unpaired) electrons. The van der Waals surface area contributed by atoms with Gasteiger partial charge in [-0.15, -0.1) is 0 Å². The summed E-state index contributed by atoms with van der Waals surface area (Å²) in [5.74, 6) is -0.660. The van der Waals surface area contributed by atoms with Crippen molar-refractivity contribution >= 4 is 46.2 Å². The molecule has 0 saturated heterocycles. The second-order valence-electron chi connectivity index (χ2n) is 4.19. The van der Waals surface area contributed by atoms with Crippen molar-refractivity contribution in [2.24, 2.45) is 0 Å². The Morgan fingerprint density at radius 2 is 1.91 bits per heavy atom. The van der Waals surface area contributed by atoms with E-state index in [2.05, 4.69) is 10.6 Å². The number of nitrogens with one attached hydrogen (secondary N) is 2. The lowest BCUT2D eigenvalue weighted by Gasteiger charge is -2.09. The van der Waals surface area contributed by atoms with E-state index in [4.69, 9.17) is 23.8 Å². The molecule has 8 heteroatoms. The number of amides is 1. The van der Waals surface area contributed by atoms with Crippen molar-refractivity contribution in [2.45, 2.75) is 0 Å². The van der Waals surface area contributed by atoms with Crippen LogP contribution in [0.3, 0.4) is 0 Å². The summed E-state index contributed by atoms with van der Waals surface area (Å²) in [6.45, 7) is 0. The molecule has 112 valence electrons. The van der Waals surface area contributed by atoms with Crippen LogP contribution in [-0.2, 0) is 0 Å². The summed E-state index contributed by atoms with van der Waals surface area (Å²) in [7, 11) is 0. The second kappa shape index (κ2) is 6.97. The maximum absolute atomic E-state index is 12.1. The molecule has 0 saturated carbocycles. The van der Waals surface area contributed by atoms with Crippen LogP contribution < -0.4 is 10.6 Å². The van der Waals surface area contributed by atoms with Crippen LogP contribution in [0.25, 0.3) is 0 Å². The van der Waals surface area contributed by atoms with Gasteiger partial charge in [-0.1, -0.05) is 29.8 Å². The van der Waals surface area contributed by atoms with E-state index in [0.29, 0.717) is 10.7 Å². The van der Waals surface area contributed by atoms with Crippen molar-refractivity contribution in [1.82, 2.24) is 5.32 Å². The Morgan fingerprint density at radius 3 is 2.59 bits per heavy atom. The van der Waals surface area contributed by atoms with Gasteiger partial charge in [0.1, 0.15) is 5.56 Å². The lowest BCUT2D eigenvalue weighted by molar-refractivity contribution is -0.385. The summed E-state index contributed by atoms with van der Waals surface area (Å²) >= 11 is 10.8. The molecule has 0 aromatic heterocycles. The molecular weight excluding hydrogens is 326 g/mol. The summed E-state index contributed by atoms with van der Waals surface area (Å²) in [4.78, 5) is 22.3. The Balaban J connectivity index is 2.09. The fraction of sp³-hybridized carbons (Fsp3) is 0. The maximum Gasteiger partial charge on any atom is 0.282 e. The van der Waals surface area contributed by atoms with Crippen LogP contribution in [0, 0.1) is 10.1 Å². The molecule has 0 bridgehead atoms. The Hall–Kier alpha value is -2.51. The number of hydrogen-bond donors (Lipinski definition) is 2. The number of carbonyl (C=O) groups is 1. The lowest BCUT2D eigenvalue weighted by Crippen LogP contribution is -2.34. The zero-order chi connectivity index (χ0) is 16.1. The molecule has 0 aliphatic carbocycles. The molecule has 0 heterocycles. The molecular formula is C14H10ClN3O3S. The van der Waals surface area contributed by atoms with E-state index in [0.717, 1.165) is 0 Å². The monoisotopic (exact) mass is 335 g/mol. The zero-order valence-electron chi connectivity index (χ0n) is 11.1. The van der Waals surface area contributed by atoms with Crippen LogP contribution >= 0.6 is 23.8 Å². The fourth-order valence-corrected chi connectivity index (χ4v) is 2.12. The Bertz CT molecular complexity index is 752. The van der Waals surface area contributed by atoms with E-state index in [1.807, 2.05) is 0 Å². The predicted octanol–water partition coefficient (Wildman–Crippen LogP) is 3.38. The van der Waals surface area contributed by atoms with Crippen molar-refractivity contribution < 1.29 is 9.72 Å². The van der Waals surface area contributed by atoms with E-state index < -0.39 is 10.8 Å².